The molecule has 6 heteroatoms. The number of hydrogen-bond acceptors (Lipinski definition) is 4. The van der Waals surface area contributed by atoms with E-state index >= 15 is 0 Å². The number of amides is 1. The molecule has 0 unspecified atom stereocenters. The summed E-state index contributed by atoms with van der Waals surface area (Å²) >= 11 is 0. The fraction of sp³-hybridized carbons (Fsp3) is 0.286. The van der Waals surface area contributed by atoms with E-state index in [1.165, 1.54) is 16.5 Å². The first-order valence-corrected chi connectivity index (χ1v) is 9.11. The van der Waals surface area contributed by atoms with Gasteiger partial charge in [-0.3, -0.25) is 14.2 Å². The standard InChI is InChI=1S/C21H24N4O2/c1-3-24(17-8-6-7-16(2)13-17)12-11-22-20(26)14-25-15-23-19-10-5-4-9-18(19)21(25)27/h4-10,13,15H,3,11-12,14H2,1-2H3,(H,22,26). The third-order valence-electron chi connectivity index (χ3n) is 4.50. The maximum atomic E-state index is 12.4. The van der Waals surface area contributed by atoms with Crippen molar-refractivity contribution in [2.75, 3.05) is 24.5 Å². The average molecular weight is 364 g/mol. The second-order valence-corrected chi connectivity index (χ2v) is 6.46. The predicted molar refractivity (Wildman–Crippen MR) is 108 cm³/mol. The molecular weight excluding hydrogens is 340 g/mol. The van der Waals surface area contributed by atoms with Gasteiger partial charge in [-0.25, -0.2) is 4.98 Å². The first-order chi connectivity index (χ1) is 13.1. The van der Waals surface area contributed by atoms with Crippen LogP contribution < -0.4 is 15.8 Å². The molecule has 1 aromatic heterocycles. The minimum absolute atomic E-state index is 0.0345. The number of aromatic nitrogens is 2. The van der Waals surface area contributed by atoms with E-state index in [4.69, 9.17) is 0 Å². The van der Waals surface area contributed by atoms with Crippen LogP contribution in [0.15, 0.2) is 59.7 Å². The number of carbonyl (C=O) groups is 1. The number of para-hydroxylation sites is 1. The summed E-state index contributed by atoms with van der Waals surface area (Å²) in [4.78, 5) is 31.1. The average Bonchev–Trinajstić information content (AvgIpc) is 2.68. The molecule has 6 nitrogen and oxygen atoms in total. The van der Waals surface area contributed by atoms with Gasteiger partial charge in [0.2, 0.25) is 5.91 Å². The van der Waals surface area contributed by atoms with Gasteiger partial charge >= 0.3 is 0 Å². The molecule has 1 heterocycles. The first kappa shape index (κ1) is 18.6. The van der Waals surface area contributed by atoms with Crippen LogP contribution in [0.25, 0.3) is 10.9 Å². The molecule has 3 rings (SSSR count). The van der Waals surface area contributed by atoms with Gasteiger partial charge in [0.05, 0.1) is 17.2 Å². The second-order valence-electron chi connectivity index (χ2n) is 6.46. The lowest BCUT2D eigenvalue weighted by Crippen LogP contribution is -2.38. The molecule has 1 N–H and O–H groups in total. The number of aryl methyl sites for hydroxylation is 1. The SMILES string of the molecule is CCN(CCNC(=O)Cn1cnc2ccccc2c1=O)c1cccc(C)c1. The fourth-order valence-corrected chi connectivity index (χ4v) is 3.05. The molecule has 0 saturated carbocycles. The molecule has 0 aliphatic carbocycles. The number of nitrogens with zero attached hydrogens (tertiary/aromatic N) is 3. The van der Waals surface area contributed by atoms with Gasteiger partial charge in [0.25, 0.3) is 5.56 Å². The Balaban J connectivity index is 1.58. The van der Waals surface area contributed by atoms with Gasteiger partial charge in [0.15, 0.2) is 0 Å². The van der Waals surface area contributed by atoms with Crippen molar-refractivity contribution in [3.63, 3.8) is 0 Å². The third-order valence-corrected chi connectivity index (χ3v) is 4.50. The summed E-state index contributed by atoms with van der Waals surface area (Å²) in [5, 5.41) is 3.41. The van der Waals surface area contributed by atoms with Crippen LogP contribution in [0.1, 0.15) is 12.5 Å². The van der Waals surface area contributed by atoms with Crippen LogP contribution in [-0.2, 0) is 11.3 Å². The number of likely N-dealkylation sites (N-methyl/N-ethyl adjacent to an activating group) is 1. The van der Waals surface area contributed by atoms with Crippen molar-refractivity contribution in [1.29, 1.82) is 0 Å². The number of hydrogen-bond donors (Lipinski definition) is 1. The molecule has 0 bridgehead atoms. The maximum absolute atomic E-state index is 12.4. The molecule has 1 amide bonds. The van der Waals surface area contributed by atoms with E-state index in [0.29, 0.717) is 24.0 Å². The highest BCUT2D eigenvalue weighted by atomic mass is 16.2. The molecule has 0 saturated heterocycles. The van der Waals surface area contributed by atoms with Crippen molar-refractivity contribution in [2.24, 2.45) is 0 Å². The van der Waals surface area contributed by atoms with Crippen molar-refractivity contribution in [3.8, 4) is 0 Å². The summed E-state index contributed by atoms with van der Waals surface area (Å²) in [5.41, 5.74) is 2.78. The van der Waals surface area contributed by atoms with Crippen LogP contribution in [0.5, 0.6) is 0 Å². The normalized spacial score (nSPS) is 10.7. The summed E-state index contributed by atoms with van der Waals surface area (Å²) in [6, 6.07) is 15.4. The molecule has 0 fully saturated rings. The van der Waals surface area contributed by atoms with Gasteiger partial charge in [0, 0.05) is 25.3 Å². The van der Waals surface area contributed by atoms with Crippen LogP contribution in [0.2, 0.25) is 0 Å². The van der Waals surface area contributed by atoms with Gasteiger partial charge < -0.3 is 10.2 Å². The molecule has 0 atom stereocenters. The Bertz CT molecular complexity index is 997. The van der Waals surface area contributed by atoms with Gasteiger partial charge in [-0.1, -0.05) is 24.3 Å². The number of carbonyl (C=O) groups excluding carboxylic acids is 1. The van der Waals surface area contributed by atoms with E-state index in [1.807, 2.05) is 12.1 Å². The molecule has 27 heavy (non-hydrogen) atoms. The zero-order valence-corrected chi connectivity index (χ0v) is 15.7. The highest BCUT2D eigenvalue weighted by Gasteiger charge is 2.09. The van der Waals surface area contributed by atoms with Crippen LogP contribution >= 0.6 is 0 Å². The number of fused-ring (bicyclic) bond motifs is 1. The van der Waals surface area contributed by atoms with Crippen molar-refractivity contribution in [2.45, 2.75) is 20.4 Å². The molecule has 140 valence electrons. The third kappa shape index (κ3) is 4.53. The minimum Gasteiger partial charge on any atom is -0.370 e. The summed E-state index contributed by atoms with van der Waals surface area (Å²) in [7, 11) is 0. The van der Waals surface area contributed by atoms with E-state index < -0.39 is 0 Å². The number of rotatable bonds is 7. The number of anilines is 1. The van der Waals surface area contributed by atoms with Gasteiger partial charge in [-0.2, -0.15) is 0 Å². The zero-order valence-electron chi connectivity index (χ0n) is 15.7. The van der Waals surface area contributed by atoms with Gasteiger partial charge in [0.1, 0.15) is 6.54 Å². The number of nitrogens with one attached hydrogen (secondary N) is 1. The minimum atomic E-state index is -0.203. The van der Waals surface area contributed by atoms with Crippen molar-refractivity contribution in [1.82, 2.24) is 14.9 Å². The Hall–Kier alpha value is -3.15. The summed E-state index contributed by atoms with van der Waals surface area (Å²) in [6.07, 6.45) is 1.43. The fourth-order valence-electron chi connectivity index (χ4n) is 3.05. The Morgan fingerprint density at radius 1 is 1.19 bits per heavy atom. The first-order valence-electron chi connectivity index (χ1n) is 9.11. The molecule has 0 aliphatic rings. The molecule has 0 radical (unpaired) electrons. The Kier molecular flexibility index (Phi) is 5.86. The Morgan fingerprint density at radius 2 is 2.00 bits per heavy atom. The monoisotopic (exact) mass is 364 g/mol. The van der Waals surface area contributed by atoms with E-state index in [9.17, 15) is 9.59 Å². The topological polar surface area (TPSA) is 67.2 Å². The van der Waals surface area contributed by atoms with Crippen LogP contribution in [0.3, 0.4) is 0 Å². The summed E-state index contributed by atoms with van der Waals surface area (Å²) < 4.78 is 1.34. The lowest BCUT2D eigenvalue weighted by Gasteiger charge is -2.23. The molecule has 0 spiro atoms. The van der Waals surface area contributed by atoms with Crippen LogP contribution in [0, 0.1) is 6.92 Å². The van der Waals surface area contributed by atoms with Crippen LogP contribution in [-0.4, -0.2) is 35.1 Å². The highest BCUT2D eigenvalue weighted by molar-refractivity contribution is 5.78. The maximum Gasteiger partial charge on any atom is 0.261 e. The predicted octanol–water partition coefficient (Wildman–Crippen LogP) is 2.35. The Labute approximate surface area is 158 Å². The molecule has 3 aromatic rings. The largest absolute Gasteiger partial charge is 0.370 e. The zero-order chi connectivity index (χ0) is 19.2. The van der Waals surface area contributed by atoms with E-state index in [2.05, 4.69) is 47.2 Å². The lowest BCUT2D eigenvalue weighted by atomic mass is 10.2. The second kappa shape index (κ2) is 8.49. The van der Waals surface area contributed by atoms with Gasteiger partial charge in [-0.05, 0) is 43.7 Å². The highest BCUT2D eigenvalue weighted by Crippen LogP contribution is 2.14. The van der Waals surface area contributed by atoms with Gasteiger partial charge in [-0.15, -0.1) is 0 Å². The van der Waals surface area contributed by atoms with Crippen molar-refractivity contribution < 1.29 is 4.79 Å². The van der Waals surface area contributed by atoms with Crippen molar-refractivity contribution in [3.05, 3.63) is 70.8 Å². The summed E-state index contributed by atoms with van der Waals surface area (Å²) in [5.74, 6) is -0.200. The van der Waals surface area contributed by atoms with E-state index in [-0.39, 0.29) is 18.0 Å². The van der Waals surface area contributed by atoms with E-state index in [1.54, 1.807) is 18.2 Å². The molecule has 2 aromatic carbocycles. The Morgan fingerprint density at radius 3 is 2.78 bits per heavy atom. The smallest absolute Gasteiger partial charge is 0.261 e. The molecule has 0 aliphatic heterocycles. The van der Waals surface area contributed by atoms with E-state index in [0.717, 1.165) is 12.2 Å². The quantitative estimate of drug-likeness (QED) is 0.699. The number of benzene rings is 2. The molecular formula is C21H24N4O2. The van der Waals surface area contributed by atoms with Crippen molar-refractivity contribution >= 4 is 22.5 Å². The van der Waals surface area contributed by atoms with Crippen LogP contribution in [0.4, 0.5) is 5.69 Å². The summed E-state index contributed by atoms with van der Waals surface area (Å²) in [6.45, 7) is 6.19. The lowest BCUT2D eigenvalue weighted by molar-refractivity contribution is -0.121.